The number of amides is 1. The first-order valence-corrected chi connectivity index (χ1v) is 11.6. The molecular weight excluding hydrogens is 462 g/mol. The lowest BCUT2D eigenvalue weighted by Gasteiger charge is -2.11. The van der Waals surface area contributed by atoms with Gasteiger partial charge in [-0.05, 0) is 61.0 Å². The summed E-state index contributed by atoms with van der Waals surface area (Å²) in [4.78, 5) is 26.2. The highest BCUT2D eigenvalue weighted by Gasteiger charge is 2.14. The van der Waals surface area contributed by atoms with E-state index < -0.39 is 0 Å². The van der Waals surface area contributed by atoms with E-state index in [0.717, 1.165) is 29.8 Å². The molecule has 8 nitrogen and oxygen atoms in total. The van der Waals surface area contributed by atoms with E-state index in [-0.39, 0.29) is 5.91 Å². The number of aryl methyl sites for hydroxylation is 1. The van der Waals surface area contributed by atoms with E-state index in [1.54, 1.807) is 53.3 Å². The van der Waals surface area contributed by atoms with Gasteiger partial charge in [-0.15, -0.1) is 5.10 Å². The third-order valence-corrected chi connectivity index (χ3v) is 5.54. The number of pyridine rings is 1. The van der Waals surface area contributed by atoms with Gasteiger partial charge >= 0.3 is 0 Å². The predicted octanol–water partition coefficient (Wildman–Crippen LogP) is 5.79. The van der Waals surface area contributed by atoms with Crippen LogP contribution in [0.4, 0.5) is 17.2 Å². The van der Waals surface area contributed by atoms with E-state index in [0.29, 0.717) is 33.7 Å². The van der Waals surface area contributed by atoms with Crippen LogP contribution in [0.15, 0.2) is 79.1 Å². The number of hydrogen-bond acceptors (Lipinski definition) is 6. The van der Waals surface area contributed by atoms with Gasteiger partial charge in [0, 0.05) is 51.7 Å². The molecule has 5 aromatic rings. The summed E-state index contributed by atoms with van der Waals surface area (Å²) in [6, 6.07) is 20.0. The smallest absolute Gasteiger partial charge is 0.255 e. The number of nitrogens with zero attached hydrogens (tertiary/aromatic N) is 5. The average molecular weight is 484 g/mol. The van der Waals surface area contributed by atoms with Gasteiger partial charge in [0.15, 0.2) is 5.82 Å². The third-order valence-electron chi connectivity index (χ3n) is 5.29. The second kappa shape index (κ2) is 9.90. The van der Waals surface area contributed by atoms with Gasteiger partial charge in [-0.2, -0.15) is 9.50 Å². The number of carbonyl (C=O) groups excluding carboxylic acids is 1. The van der Waals surface area contributed by atoms with Crippen molar-refractivity contribution in [3.8, 4) is 11.4 Å². The Morgan fingerprint density at radius 1 is 1.00 bits per heavy atom. The number of hydrogen-bond donors (Lipinski definition) is 2. The summed E-state index contributed by atoms with van der Waals surface area (Å²) >= 11 is 5.93. The average Bonchev–Trinajstić information content (AvgIpc) is 3.31. The summed E-state index contributed by atoms with van der Waals surface area (Å²) in [5.41, 5.74) is 3.63. The monoisotopic (exact) mass is 483 g/mol. The molecular formula is C26H22ClN7O. The lowest BCUT2D eigenvalue weighted by atomic mass is 10.1. The molecule has 174 valence electrons. The molecule has 0 bridgehead atoms. The Kier molecular flexibility index (Phi) is 6.36. The molecule has 1 amide bonds. The van der Waals surface area contributed by atoms with Crippen molar-refractivity contribution in [1.82, 2.24) is 24.6 Å². The van der Waals surface area contributed by atoms with Crippen molar-refractivity contribution < 1.29 is 4.79 Å². The van der Waals surface area contributed by atoms with Crippen LogP contribution in [-0.2, 0) is 6.42 Å². The zero-order valence-corrected chi connectivity index (χ0v) is 19.7. The fourth-order valence-electron chi connectivity index (χ4n) is 3.63. The Labute approximate surface area is 207 Å². The highest BCUT2D eigenvalue weighted by molar-refractivity contribution is 6.30. The maximum atomic E-state index is 12.8. The summed E-state index contributed by atoms with van der Waals surface area (Å²) in [7, 11) is 0. The van der Waals surface area contributed by atoms with Gasteiger partial charge in [0.2, 0.25) is 0 Å². The van der Waals surface area contributed by atoms with Crippen LogP contribution >= 0.6 is 11.6 Å². The summed E-state index contributed by atoms with van der Waals surface area (Å²) in [5, 5.41) is 11.5. The van der Waals surface area contributed by atoms with E-state index in [2.05, 4.69) is 37.6 Å². The molecule has 0 aliphatic carbocycles. The molecule has 0 saturated carbocycles. The van der Waals surface area contributed by atoms with Crippen LogP contribution in [0, 0.1) is 0 Å². The third kappa shape index (κ3) is 5.12. The molecule has 0 unspecified atom stereocenters. The molecule has 0 aliphatic heterocycles. The summed E-state index contributed by atoms with van der Waals surface area (Å²) in [5.74, 6) is 1.52. The lowest BCUT2D eigenvalue weighted by Crippen LogP contribution is -2.12. The normalized spacial score (nSPS) is 10.9. The van der Waals surface area contributed by atoms with Crippen LogP contribution in [0.3, 0.4) is 0 Å². The first-order valence-electron chi connectivity index (χ1n) is 11.2. The Morgan fingerprint density at radius 3 is 2.63 bits per heavy atom. The Bertz CT molecular complexity index is 1480. The van der Waals surface area contributed by atoms with Crippen molar-refractivity contribution in [2.75, 3.05) is 10.6 Å². The zero-order valence-electron chi connectivity index (χ0n) is 18.9. The van der Waals surface area contributed by atoms with Crippen molar-refractivity contribution in [1.29, 1.82) is 0 Å². The van der Waals surface area contributed by atoms with E-state index in [4.69, 9.17) is 11.6 Å². The second-order valence-corrected chi connectivity index (χ2v) is 8.37. The molecule has 0 radical (unpaired) electrons. The van der Waals surface area contributed by atoms with Crippen molar-refractivity contribution in [3.63, 3.8) is 0 Å². The first-order chi connectivity index (χ1) is 17.1. The summed E-state index contributed by atoms with van der Waals surface area (Å²) < 4.78 is 1.67. The van der Waals surface area contributed by atoms with Crippen LogP contribution in [0.1, 0.15) is 29.4 Å². The Balaban J connectivity index is 1.46. The van der Waals surface area contributed by atoms with E-state index in [1.807, 2.05) is 30.3 Å². The Hall–Kier alpha value is -4.30. The zero-order chi connectivity index (χ0) is 24.2. The molecule has 3 heterocycles. The van der Waals surface area contributed by atoms with Gasteiger partial charge in [0.25, 0.3) is 11.7 Å². The number of halogens is 1. The van der Waals surface area contributed by atoms with Crippen LogP contribution in [-0.4, -0.2) is 30.5 Å². The van der Waals surface area contributed by atoms with Crippen LogP contribution in [0.2, 0.25) is 5.02 Å². The van der Waals surface area contributed by atoms with Crippen LogP contribution < -0.4 is 10.6 Å². The summed E-state index contributed by atoms with van der Waals surface area (Å²) in [6.07, 6.45) is 5.19. The topological polar surface area (TPSA) is 97.1 Å². The van der Waals surface area contributed by atoms with Gasteiger partial charge in [-0.1, -0.05) is 31.0 Å². The molecule has 0 spiro atoms. The fraction of sp³-hybridized carbons (Fsp3) is 0.115. The number of nitrogens with one attached hydrogen (secondary N) is 2. The highest BCUT2D eigenvalue weighted by atomic mass is 35.5. The molecule has 5 rings (SSSR count). The minimum absolute atomic E-state index is 0.220. The lowest BCUT2D eigenvalue weighted by molar-refractivity contribution is 0.102. The van der Waals surface area contributed by atoms with Crippen LogP contribution in [0.25, 0.3) is 17.2 Å². The SMILES string of the molecule is CCCc1cc(Nc2cccc(C(=O)Nc3ccc(Cl)cc3)c2)n2nc(-c3cccnc3)nc2n1. The highest BCUT2D eigenvalue weighted by Crippen LogP contribution is 2.23. The van der Waals surface area contributed by atoms with Crippen molar-refractivity contribution in [2.24, 2.45) is 0 Å². The number of fused-ring (bicyclic) bond motifs is 1. The molecule has 0 fully saturated rings. The molecule has 9 heteroatoms. The Morgan fingerprint density at radius 2 is 1.86 bits per heavy atom. The van der Waals surface area contributed by atoms with Crippen molar-refractivity contribution >= 4 is 40.5 Å². The number of benzene rings is 2. The van der Waals surface area contributed by atoms with Gasteiger partial charge < -0.3 is 10.6 Å². The van der Waals surface area contributed by atoms with E-state index in [1.165, 1.54) is 0 Å². The largest absolute Gasteiger partial charge is 0.340 e. The number of rotatable bonds is 7. The maximum Gasteiger partial charge on any atom is 0.255 e. The predicted molar refractivity (Wildman–Crippen MR) is 137 cm³/mol. The molecule has 0 atom stereocenters. The first kappa shape index (κ1) is 22.5. The molecule has 2 N–H and O–H groups in total. The number of carbonyl (C=O) groups is 1. The summed E-state index contributed by atoms with van der Waals surface area (Å²) in [6.45, 7) is 2.10. The maximum absolute atomic E-state index is 12.8. The number of aromatic nitrogens is 5. The van der Waals surface area contributed by atoms with Crippen LogP contribution in [0.5, 0.6) is 0 Å². The van der Waals surface area contributed by atoms with Gasteiger partial charge in [-0.25, -0.2) is 4.98 Å². The minimum Gasteiger partial charge on any atom is -0.340 e. The van der Waals surface area contributed by atoms with Crippen molar-refractivity contribution in [3.05, 3.63) is 95.4 Å². The van der Waals surface area contributed by atoms with Gasteiger partial charge in [0.1, 0.15) is 5.82 Å². The quantitative estimate of drug-likeness (QED) is 0.304. The van der Waals surface area contributed by atoms with Gasteiger partial charge in [0.05, 0.1) is 0 Å². The molecule has 0 aliphatic rings. The molecule has 2 aromatic carbocycles. The molecule has 35 heavy (non-hydrogen) atoms. The van der Waals surface area contributed by atoms with Crippen molar-refractivity contribution in [2.45, 2.75) is 19.8 Å². The number of anilines is 3. The van der Waals surface area contributed by atoms with E-state index in [9.17, 15) is 4.79 Å². The molecule has 3 aromatic heterocycles. The van der Waals surface area contributed by atoms with E-state index >= 15 is 0 Å². The minimum atomic E-state index is -0.220. The second-order valence-electron chi connectivity index (χ2n) is 7.94. The van der Waals surface area contributed by atoms with Gasteiger partial charge in [-0.3, -0.25) is 9.78 Å². The molecule has 0 saturated heterocycles. The standard InChI is InChI=1S/C26H22ClN7O/c1-2-5-21-15-23(34-26(31-21)32-24(33-34)18-7-4-13-28-16-18)29-22-8-3-6-17(14-22)25(35)30-20-11-9-19(27)10-12-20/h3-4,6-16,29H,2,5H2,1H3,(H,30,35). The fourth-order valence-corrected chi connectivity index (χ4v) is 3.76.